The summed E-state index contributed by atoms with van der Waals surface area (Å²) in [6.07, 6.45) is 4.53. The van der Waals surface area contributed by atoms with E-state index in [1.807, 2.05) is 6.92 Å². The molecule has 1 amide bonds. The summed E-state index contributed by atoms with van der Waals surface area (Å²) in [6, 6.07) is 12.8. The highest BCUT2D eigenvalue weighted by Gasteiger charge is 2.51. The Morgan fingerprint density at radius 2 is 1.88 bits per heavy atom. The first-order chi connectivity index (χ1) is 12.1. The van der Waals surface area contributed by atoms with Crippen LogP contribution in [-0.2, 0) is 10.5 Å². The van der Waals surface area contributed by atoms with Gasteiger partial charge in [-0.15, -0.1) is 11.8 Å². The first kappa shape index (κ1) is 17.6. The summed E-state index contributed by atoms with van der Waals surface area (Å²) in [4.78, 5) is 12.5. The maximum Gasteiger partial charge on any atom is 0.243 e. The molecule has 3 rings (SSSR count). The highest BCUT2D eigenvalue weighted by atomic mass is 32.2. The van der Waals surface area contributed by atoms with E-state index in [9.17, 15) is 15.3 Å². The van der Waals surface area contributed by atoms with E-state index in [-0.39, 0.29) is 5.91 Å². The Balaban J connectivity index is 1.92. The smallest absolute Gasteiger partial charge is 0.243 e. The fourth-order valence-electron chi connectivity index (χ4n) is 3.88. The van der Waals surface area contributed by atoms with E-state index in [2.05, 4.69) is 41.7 Å². The lowest BCUT2D eigenvalue weighted by molar-refractivity contribution is -0.126. The Labute approximate surface area is 152 Å². The average molecular weight is 351 g/mol. The largest absolute Gasteiger partial charge is 0.319 e. The van der Waals surface area contributed by atoms with Gasteiger partial charge in [-0.2, -0.15) is 10.5 Å². The van der Waals surface area contributed by atoms with Crippen molar-refractivity contribution in [1.29, 1.82) is 10.5 Å². The van der Waals surface area contributed by atoms with Crippen molar-refractivity contribution in [3.05, 3.63) is 46.0 Å². The SMILES string of the molecule is Cc1ccc(CSC2=C(C#N)C3(CCCCC3)[C@@H](C#N)C(=O)N2)cc1. The van der Waals surface area contributed by atoms with E-state index < -0.39 is 11.3 Å². The van der Waals surface area contributed by atoms with Crippen molar-refractivity contribution in [3.8, 4) is 12.1 Å². The number of hydrogen-bond donors (Lipinski definition) is 1. The zero-order valence-electron chi connectivity index (χ0n) is 14.3. The maximum atomic E-state index is 12.5. The second-order valence-electron chi connectivity index (χ2n) is 6.86. The number of nitrogens with zero attached hydrogens (tertiary/aromatic N) is 2. The molecule has 1 spiro atoms. The summed E-state index contributed by atoms with van der Waals surface area (Å²) in [6.45, 7) is 2.05. The molecule has 1 aromatic carbocycles. The molecule has 0 radical (unpaired) electrons. The third-order valence-corrected chi connectivity index (χ3v) is 6.34. The Morgan fingerprint density at radius 3 is 2.48 bits per heavy atom. The van der Waals surface area contributed by atoms with E-state index in [0.29, 0.717) is 16.4 Å². The fourth-order valence-corrected chi connectivity index (χ4v) is 4.95. The van der Waals surface area contributed by atoms with Gasteiger partial charge in [0, 0.05) is 11.2 Å². The summed E-state index contributed by atoms with van der Waals surface area (Å²) in [5, 5.41) is 22.9. The van der Waals surface area contributed by atoms with Crippen LogP contribution in [0.3, 0.4) is 0 Å². The number of carbonyl (C=O) groups is 1. The van der Waals surface area contributed by atoms with E-state index in [0.717, 1.165) is 37.7 Å². The molecule has 2 aliphatic rings. The van der Waals surface area contributed by atoms with E-state index in [1.165, 1.54) is 17.3 Å². The maximum absolute atomic E-state index is 12.5. The summed E-state index contributed by atoms with van der Waals surface area (Å²) < 4.78 is 0. The van der Waals surface area contributed by atoms with Gasteiger partial charge in [0.25, 0.3) is 0 Å². The lowest BCUT2D eigenvalue weighted by Gasteiger charge is -2.43. The number of nitriles is 2. The minimum Gasteiger partial charge on any atom is -0.319 e. The highest BCUT2D eigenvalue weighted by molar-refractivity contribution is 8.02. The van der Waals surface area contributed by atoms with Gasteiger partial charge in [-0.25, -0.2) is 0 Å². The molecule has 0 bridgehead atoms. The van der Waals surface area contributed by atoms with Crippen molar-refractivity contribution < 1.29 is 4.79 Å². The zero-order chi connectivity index (χ0) is 17.9. The molecule has 25 heavy (non-hydrogen) atoms. The minimum atomic E-state index is -0.758. The van der Waals surface area contributed by atoms with Crippen LogP contribution < -0.4 is 5.32 Å². The fraction of sp³-hybridized carbons (Fsp3) is 0.450. The number of aryl methyl sites for hydroxylation is 1. The summed E-state index contributed by atoms with van der Waals surface area (Å²) >= 11 is 1.49. The highest BCUT2D eigenvalue weighted by Crippen LogP contribution is 2.52. The van der Waals surface area contributed by atoms with E-state index >= 15 is 0 Å². The molecule has 1 aliphatic heterocycles. The Morgan fingerprint density at radius 1 is 1.20 bits per heavy atom. The van der Waals surface area contributed by atoms with Crippen LogP contribution in [0.1, 0.15) is 43.2 Å². The predicted octanol–water partition coefficient (Wildman–Crippen LogP) is 4.18. The Kier molecular flexibility index (Phi) is 5.16. The van der Waals surface area contributed by atoms with Crippen molar-refractivity contribution in [2.45, 2.75) is 44.8 Å². The Bertz CT molecular complexity index is 777. The second-order valence-corrected chi connectivity index (χ2v) is 7.84. The Hall–Kier alpha value is -2.24. The van der Waals surface area contributed by atoms with Crippen molar-refractivity contribution >= 4 is 17.7 Å². The first-order valence-electron chi connectivity index (χ1n) is 8.64. The van der Waals surface area contributed by atoms with E-state index in [1.54, 1.807) is 0 Å². The van der Waals surface area contributed by atoms with Crippen LogP contribution in [0.4, 0.5) is 0 Å². The number of thioether (sulfide) groups is 1. The quantitative estimate of drug-likeness (QED) is 0.886. The number of nitrogens with one attached hydrogen (secondary N) is 1. The molecule has 1 atom stereocenters. The lowest BCUT2D eigenvalue weighted by atomic mass is 9.61. The van der Waals surface area contributed by atoms with Crippen molar-refractivity contribution in [3.63, 3.8) is 0 Å². The topological polar surface area (TPSA) is 76.7 Å². The number of benzene rings is 1. The predicted molar refractivity (Wildman–Crippen MR) is 97.9 cm³/mol. The minimum absolute atomic E-state index is 0.255. The van der Waals surface area contributed by atoms with Crippen LogP contribution in [0.15, 0.2) is 34.9 Å². The van der Waals surface area contributed by atoms with Crippen molar-refractivity contribution in [2.75, 3.05) is 0 Å². The third kappa shape index (κ3) is 3.30. The standard InChI is InChI=1S/C20H21N3OS/c1-14-5-7-15(8-6-14)13-25-19-17(12-22)20(9-3-2-4-10-20)16(11-21)18(24)23-19/h5-8,16H,2-4,9-10,13H2,1H3,(H,23,24)/t16-/m0/s1. The molecule has 1 heterocycles. The summed E-state index contributed by atoms with van der Waals surface area (Å²) in [5.41, 5.74) is 2.36. The molecule has 1 fully saturated rings. The zero-order valence-corrected chi connectivity index (χ0v) is 15.2. The van der Waals surface area contributed by atoms with Crippen LogP contribution in [0.25, 0.3) is 0 Å². The van der Waals surface area contributed by atoms with Gasteiger partial charge in [0.2, 0.25) is 5.91 Å². The van der Waals surface area contributed by atoms with Gasteiger partial charge in [0.15, 0.2) is 0 Å². The monoisotopic (exact) mass is 351 g/mol. The molecule has 1 N–H and O–H groups in total. The average Bonchev–Trinajstić information content (AvgIpc) is 2.62. The summed E-state index contributed by atoms with van der Waals surface area (Å²) in [7, 11) is 0. The van der Waals surface area contributed by atoms with Gasteiger partial charge >= 0.3 is 0 Å². The molecular formula is C20H21N3OS. The van der Waals surface area contributed by atoms with Gasteiger partial charge in [-0.3, -0.25) is 4.79 Å². The first-order valence-corrected chi connectivity index (χ1v) is 9.63. The molecule has 128 valence electrons. The molecule has 1 saturated carbocycles. The molecular weight excluding hydrogens is 330 g/mol. The number of carbonyl (C=O) groups excluding carboxylic acids is 1. The van der Waals surface area contributed by atoms with Crippen molar-refractivity contribution in [1.82, 2.24) is 5.32 Å². The molecule has 5 heteroatoms. The number of allylic oxidation sites excluding steroid dienone is 1. The van der Waals surface area contributed by atoms with Crippen LogP contribution in [0.2, 0.25) is 0 Å². The summed E-state index contributed by atoms with van der Waals surface area (Å²) in [5.74, 6) is -0.324. The van der Waals surface area contributed by atoms with Gasteiger partial charge in [-0.1, -0.05) is 49.1 Å². The molecule has 0 aromatic heterocycles. The van der Waals surface area contributed by atoms with E-state index in [4.69, 9.17) is 0 Å². The van der Waals surface area contributed by atoms with Crippen LogP contribution in [-0.4, -0.2) is 5.91 Å². The molecule has 4 nitrogen and oxygen atoms in total. The van der Waals surface area contributed by atoms with Crippen LogP contribution >= 0.6 is 11.8 Å². The van der Waals surface area contributed by atoms with Gasteiger partial charge < -0.3 is 5.32 Å². The lowest BCUT2D eigenvalue weighted by Crippen LogP contribution is -2.48. The van der Waals surface area contributed by atoms with Crippen LogP contribution in [0.5, 0.6) is 0 Å². The second kappa shape index (κ2) is 7.33. The molecule has 0 saturated heterocycles. The number of amides is 1. The molecule has 1 aliphatic carbocycles. The third-order valence-electron chi connectivity index (χ3n) is 5.27. The molecule has 1 aromatic rings. The van der Waals surface area contributed by atoms with Gasteiger partial charge in [0.1, 0.15) is 5.92 Å². The normalized spacial score (nSPS) is 22.2. The van der Waals surface area contributed by atoms with Gasteiger partial charge in [0.05, 0.1) is 22.7 Å². The number of hydrogen-bond acceptors (Lipinski definition) is 4. The van der Waals surface area contributed by atoms with Crippen molar-refractivity contribution in [2.24, 2.45) is 11.3 Å². The molecule has 0 unspecified atom stereocenters. The van der Waals surface area contributed by atoms with Gasteiger partial charge in [-0.05, 0) is 25.3 Å². The van der Waals surface area contributed by atoms with Crippen LogP contribution in [0, 0.1) is 40.9 Å². The number of rotatable bonds is 3.